The van der Waals surface area contributed by atoms with Gasteiger partial charge in [-0.25, -0.2) is 0 Å². The molecular formula is C12H18BrNO2. The van der Waals surface area contributed by atoms with Gasteiger partial charge in [0.1, 0.15) is 5.75 Å². The van der Waals surface area contributed by atoms with Crippen LogP contribution in [0.3, 0.4) is 0 Å². The molecule has 4 heteroatoms. The van der Waals surface area contributed by atoms with Crippen molar-refractivity contribution in [1.82, 2.24) is 5.32 Å². The van der Waals surface area contributed by atoms with Crippen molar-refractivity contribution < 1.29 is 9.84 Å². The summed E-state index contributed by atoms with van der Waals surface area (Å²) in [5.41, 5.74) is 0.222. The molecule has 0 spiro atoms. The van der Waals surface area contributed by atoms with E-state index in [4.69, 9.17) is 4.74 Å². The summed E-state index contributed by atoms with van der Waals surface area (Å²) in [6, 6.07) is 5.80. The summed E-state index contributed by atoms with van der Waals surface area (Å²) in [4.78, 5) is 0. The predicted molar refractivity (Wildman–Crippen MR) is 68.9 cm³/mol. The van der Waals surface area contributed by atoms with Gasteiger partial charge >= 0.3 is 0 Å². The molecule has 0 aliphatic heterocycles. The highest BCUT2D eigenvalue weighted by atomic mass is 79.9. The van der Waals surface area contributed by atoms with Gasteiger partial charge in [-0.3, -0.25) is 0 Å². The molecule has 1 atom stereocenters. The van der Waals surface area contributed by atoms with Crippen molar-refractivity contribution in [1.29, 1.82) is 0 Å². The molecule has 0 radical (unpaired) electrons. The number of rotatable bonds is 5. The smallest absolute Gasteiger partial charge is 0.122 e. The van der Waals surface area contributed by atoms with Crippen molar-refractivity contribution in [3.63, 3.8) is 0 Å². The molecular weight excluding hydrogens is 270 g/mol. The Labute approximate surface area is 105 Å². The molecule has 1 unspecified atom stereocenters. The second-order valence-corrected chi connectivity index (χ2v) is 5.08. The second kappa shape index (κ2) is 5.66. The molecule has 3 nitrogen and oxygen atoms in total. The summed E-state index contributed by atoms with van der Waals surface area (Å²) in [6.07, 6.45) is 0.552. The van der Waals surface area contributed by atoms with Crippen molar-refractivity contribution >= 4 is 15.9 Å². The number of hydrogen-bond donors (Lipinski definition) is 2. The van der Waals surface area contributed by atoms with Crippen molar-refractivity contribution in [2.75, 3.05) is 20.7 Å². The van der Waals surface area contributed by atoms with Gasteiger partial charge < -0.3 is 15.2 Å². The molecule has 90 valence electrons. The van der Waals surface area contributed by atoms with Crippen LogP contribution in [0.5, 0.6) is 5.75 Å². The average Bonchev–Trinajstić information content (AvgIpc) is 2.17. The summed E-state index contributed by atoms with van der Waals surface area (Å²) >= 11 is 3.42. The maximum atomic E-state index is 10.1. The third kappa shape index (κ3) is 3.77. The van der Waals surface area contributed by atoms with E-state index in [-0.39, 0.29) is 0 Å². The highest BCUT2D eigenvalue weighted by molar-refractivity contribution is 9.10. The zero-order valence-electron chi connectivity index (χ0n) is 9.88. The minimum absolute atomic E-state index is 0.544. The van der Waals surface area contributed by atoms with Crippen molar-refractivity contribution in [3.8, 4) is 5.75 Å². The Morgan fingerprint density at radius 2 is 2.19 bits per heavy atom. The van der Waals surface area contributed by atoms with E-state index in [2.05, 4.69) is 21.2 Å². The first-order chi connectivity index (χ1) is 7.48. The number of aliphatic hydroxyl groups is 1. The van der Waals surface area contributed by atoms with E-state index >= 15 is 0 Å². The number of nitrogens with one attached hydrogen (secondary N) is 1. The van der Waals surface area contributed by atoms with Crippen LogP contribution in [0.25, 0.3) is 0 Å². The van der Waals surface area contributed by atoms with Gasteiger partial charge in [-0.2, -0.15) is 0 Å². The number of likely N-dealkylation sites (N-methyl/N-ethyl adjacent to an activating group) is 1. The summed E-state index contributed by atoms with van der Waals surface area (Å²) in [7, 11) is 3.46. The lowest BCUT2D eigenvalue weighted by Gasteiger charge is -2.24. The molecule has 1 aromatic rings. The standard InChI is InChI=1S/C12H18BrNO2/c1-12(15,8-14-2)7-9-6-10(13)4-5-11(9)16-3/h4-6,14-15H,7-8H2,1-3H3. The number of methoxy groups -OCH3 is 1. The molecule has 0 aliphatic rings. The van der Waals surface area contributed by atoms with Crippen LogP contribution in [0.15, 0.2) is 22.7 Å². The molecule has 1 aromatic carbocycles. The van der Waals surface area contributed by atoms with E-state index in [0.29, 0.717) is 13.0 Å². The van der Waals surface area contributed by atoms with Crippen LogP contribution >= 0.6 is 15.9 Å². The monoisotopic (exact) mass is 287 g/mol. The highest BCUT2D eigenvalue weighted by Gasteiger charge is 2.21. The molecule has 0 amide bonds. The normalized spacial score (nSPS) is 14.6. The largest absolute Gasteiger partial charge is 0.496 e. The zero-order valence-corrected chi connectivity index (χ0v) is 11.5. The Kier molecular flexibility index (Phi) is 4.77. The van der Waals surface area contributed by atoms with Crippen LogP contribution in [0.4, 0.5) is 0 Å². The predicted octanol–water partition coefficient (Wildman–Crippen LogP) is 1.97. The fraction of sp³-hybridized carbons (Fsp3) is 0.500. The third-order valence-corrected chi connectivity index (χ3v) is 2.86. The molecule has 2 N–H and O–H groups in total. The molecule has 0 saturated heterocycles. The van der Waals surface area contributed by atoms with Crippen LogP contribution in [0.1, 0.15) is 12.5 Å². The SMILES string of the molecule is CNCC(C)(O)Cc1cc(Br)ccc1OC. The minimum atomic E-state index is -0.775. The lowest BCUT2D eigenvalue weighted by atomic mass is 9.96. The van der Waals surface area contributed by atoms with Gasteiger partial charge in [-0.1, -0.05) is 15.9 Å². The van der Waals surface area contributed by atoms with Crippen LogP contribution in [-0.4, -0.2) is 31.4 Å². The maximum absolute atomic E-state index is 10.1. The fourth-order valence-electron chi connectivity index (χ4n) is 1.74. The molecule has 1 rings (SSSR count). The Morgan fingerprint density at radius 3 is 2.75 bits per heavy atom. The highest BCUT2D eigenvalue weighted by Crippen LogP contribution is 2.26. The van der Waals surface area contributed by atoms with Crippen LogP contribution in [0.2, 0.25) is 0 Å². The van der Waals surface area contributed by atoms with Crippen LogP contribution in [0, 0.1) is 0 Å². The van der Waals surface area contributed by atoms with E-state index in [0.717, 1.165) is 15.8 Å². The van der Waals surface area contributed by atoms with E-state index in [9.17, 15) is 5.11 Å². The first-order valence-electron chi connectivity index (χ1n) is 5.18. The minimum Gasteiger partial charge on any atom is -0.496 e. The molecule has 0 aliphatic carbocycles. The Balaban J connectivity index is 2.90. The van der Waals surface area contributed by atoms with Crippen LogP contribution < -0.4 is 10.1 Å². The molecule has 16 heavy (non-hydrogen) atoms. The average molecular weight is 288 g/mol. The van der Waals surface area contributed by atoms with Gasteiger partial charge in [0.15, 0.2) is 0 Å². The Hall–Kier alpha value is -0.580. The fourth-order valence-corrected chi connectivity index (χ4v) is 2.15. The zero-order chi connectivity index (χ0) is 12.2. The molecule has 0 saturated carbocycles. The number of ether oxygens (including phenoxy) is 1. The lowest BCUT2D eigenvalue weighted by Crippen LogP contribution is -2.38. The van der Waals surface area contributed by atoms with Gasteiger partial charge in [0.05, 0.1) is 12.7 Å². The van der Waals surface area contributed by atoms with E-state index in [1.54, 1.807) is 7.11 Å². The van der Waals surface area contributed by atoms with Crippen molar-refractivity contribution in [2.45, 2.75) is 18.9 Å². The molecule has 0 aromatic heterocycles. The third-order valence-electron chi connectivity index (χ3n) is 2.37. The van der Waals surface area contributed by atoms with Gasteiger partial charge in [0.2, 0.25) is 0 Å². The summed E-state index contributed by atoms with van der Waals surface area (Å²) < 4.78 is 6.26. The van der Waals surface area contributed by atoms with E-state index in [1.807, 2.05) is 32.2 Å². The van der Waals surface area contributed by atoms with E-state index in [1.165, 1.54) is 0 Å². The number of benzene rings is 1. The lowest BCUT2D eigenvalue weighted by molar-refractivity contribution is 0.0616. The first-order valence-corrected chi connectivity index (χ1v) is 5.97. The van der Waals surface area contributed by atoms with Gasteiger partial charge in [0.25, 0.3) is 0 Å². The topological polar surface area (TPSA) is 41.5 Å². The second-order valence-electron chi connectivity index (χ2n) is 4.16. The van der Waals surface area contributed by atoms with Crippen molar-refractivity contribution in [3.05, 3.63) is 28.2 Å². The molecule has 0 fully saturated rings. The summed E-state index contributed by atoms with van der Waals surface area (Å²) in [6.45, 7) is 2.35. The van der Waals surface area contributed by atoms with E-state index < -0.39 is 5.60 Å². The van der Waals surface area contributed by atoms with Crippen LogP contribution in [-0.2, 0) is 6.42 Å². The van der Waals surface area contributed by atoms with Gasteiger partial charge in [0, 0.05) is 17.4 Å². The molecule has 0 bridgehead atoms. The number of halogens is 1. The van der Waals surface area contributed by atoms with Crippen molar-refractivity contribution in [2.24, 2.45) is 0 Å². The number of hydrogen-bond acceptors (Lipinski definition) is 3. The maximum Gasteiger partial charge on any atom is 0.122 e. The first kappa shape index (κ1) is 13.5. The quantitative estimate of drug-likeness (QED) is 0.870. The van der Waals surface area contributed by atoms with Gasteiger partial charge in [-0.05, 0) is 37.7 Å². The Morgan fingerprint density at radius 1 is 1.50 bits per heavy atom. The van der Waals surface area contributed by atoms with Gasteiger partial charge in [-0.15, -0.1) is 0 Å². The summed E-state index contributed by atoms with van der Waals surface area (Å²) in [5.74, 6) is 0.805. The summed E-state index contributed by atoms with van der Waals surface area (Å²) in [5, 5.41) is 13.1. The molecule has 0 heterocycles. The Bertz CT molecular complexity index is 353.